The third-order valence-corrected chi connectivity index (χ3v) is 4.92. The summed E-state index contributed by atoms with van der Waals surface area (Å²) in [5.41, 5.74) is 0. The fourth-order valence-corrected chi connectivity index (χ4v) is 3.57. The summed E-state index contributed by atoms with van der Waals surface area (Å²) in [5, 5.41) is 3.27. The quantitative estimate of drug-likeness (QED) is 0.772. The Morgan fingerprint density at radius 3 is 1.91 bits per heavy atom. The summed E-state index contributed by atoms with van der Waals surface area (Å²) in [4.78, 5) is 30.7. The maximum absolute atomic E-state index is 12.5. The largest absolute Gasteiger partial charge is 0.340 e. The molecule has 6 nitrogen and oxygen atoms in total. The number of urea groups is 1. The van der Waals surface area contributed by atoms with E-state index in [0.29, 0.717) is 5.91 Å². The molecular formula is C15H27ClN4O2. The third kappa shape index (κ3) is 3.84. The van der Waals surface area contributed by atoms with Gasteiger partial charge in [-0.05, 0) is 25.7 Å². The van der Waals surface area contributed by atoms with Crippen molar-refractivity contribution in [3.63, 3.8) is 0 Å². The van der Waals surface area contributed by atoms with Gasteiger partial charge in [0.1, 0.15) is 0 Å². The maximum atomic E-state index is 12.5. The van der Waals surface area contributed by atoms with Gasteiger partial charge < -0.3 is 20.0 Å². The molecule has 0 bridgehead atoms. The molecule has 0 radical (unpaired) electrons. The normalized spacial score (nSPS) is 23.4. The highest BCUT2D eigenvalue weighted by molar-refractivity contribution is 5.85. The first-order valence-electron chi connectivity index (χ1n) is 8.29. The second-order valence-corrected chi connectivity index (χ2v) is 6.31. The summed E-state index contributed by atoms with van der Waals surface area (Å²) in [5.74, 6) is 0.412. The number of piperidine rings is 1. The molecule has 0 aliphatic carbocycles. The number of hydrogen-bond donors (Lipinski definition) is 1. The monoisotopic (exact) mass is 330 g/mol. The van der Waals surface area contributed by atoms with Crippen LogP contribution in [0.4, 0.5) is 4.79 Å². The van der Waals surface area contributed by atoms with Gasteiger partial charge in [-0.15, -0.1) is 12.4 Å². The first-order chi connectivity index (χ1) is 10.3. The fourth-order valence-electron chi connectivity index (χ4n) is 3.57. The zero-order valence-electron chi connectivity index (χ0n) is 13.1. The van der Waals surface area contributed by atoms with Crippen molar-refractivity contribution in [2.45, 2.75) is 25.7 Å². The Labute approximate surface area is 138 Å². The van der Waals surface area contributed by atoms with Crippen LogP contribution in [0.2, 0.25) is 0 Å². The van der Waals surface area contributed by atoms with Crippen molar-refractivity contribution in [1.82, 2.24) is 20.0 Å². The molecule has 1 N–H and O–H groups in total. The van der Waals surface area contributed by atoms with Gasteiger partial charge in [-0.1, -0.05) is 0 Å². The molecule has 0 aromatic carbocycles. The predicted octanol–water partition coefficient (Wildman–Crippen LogP) is 0.768. The lowest BCUT2D eigenvalue weighted by atomic mass is 9.95. The Balaban J connectivity index is 0.00000176. The van der Waals surface area contributed by atoms with Crippen LogP contribution in [0.25, 0.3) is 0 Å². The van der Waals surface area contributed by atoms with Gasteiger partial charge in [0.25, 0.3) is 0 Å². The van der Waals surface area contributed by atoms with Crippen LogP contribution in [0.15, 0.2) is 0 Å². The van der Waals surface area contributed by atoms with Crippen molar-refractivity contribution in [3.8, 4) is 0 Å². The zero-order valence-corrected chi connectivity index (χ0v) is 13.9. The maximum Gasteiger partial charge on any atom is 0.319 e. The van der Waals surface area contributed by atoms with Gasteiger partial charge in [-0.3, -0.25) is 4.79 Å². The van der Waals surface area contributed by atoms with E-state index in [9.17, 15) is 9.59 Å². The van der Waals surface area contributed by atoms with Crippen molar-refractivity contribution in [2.75, 3.05) is 52.4 Å². The van der Waals surface area contributed by atoms with Crippen LogP contribution in [0.3, 0.4) is 0 Å². The number of rotatable bonds is 1. The minimum absolute atomic E-state index is 0. The van der Waals surface area contributed by atoms with Crippen molar-refractivity contribution < 1.29 is 9.59 Å². The number of carbonyl (C=O) groups excluding carboxylic acids is 2. The Kier molecular flexibility index (Phi) is 6.32. The van der Waals surface area contributed by atoms with E-state index in [-0.39, 0.29) is 24.4 Å². The summed E-state index contributed by atoms with van der Waals surface area (Å²) in [6.07, 6.45) is 3.90. The van der Waals surface area contributed by atoms with E-state index in [0.717, 1.165) is 78.0 Å². The molecular weight excluding hydrogens is 304 g/mol. The molecule has 126 valence electrons. The van der Waals surface area contributed by atoms with Crippen LogP contribution < -0.4 is 5.32 Å². The van der Waals surface area contributed by atoms with Crippen LogP contribution >= 0.6 is 12.4 Å². The first-order valence-corrected chi connectivity index (χ1v) is 8.29. The minimum atomic E-state index is 0. The third-order valence-electron chi connectivity index (χ3n) is 4.92. The number of amides is 3. The van der Waals surface area contributed by atoms with Crippen LogP contribution in [0, 0.1) is 5.92 Å². The molecule has 3 saturated heterocycles. The number of piperazine rings is 1. The van der Waals surface area contributed by atoms with Gasteiger partial charge >= 0.3 is 6.03 Å². The second-order valence-electron chi connectivity index (χ2n) is 6.31. The zero-order chi connectivity index (χ0) is 14.7. The standard InChI is InChI=1S/C15H26N4O2.ClH/c20-14(17-11-5-16-6-12-17)13-3-9-19(10-4-13)15(21)18-7-1-2-8-18;/h13,16H,1-12H2;1H. The summed E-state index contributed by atoms with van der Waals surface area (Å²) < 4.78 is 0. The van der Waals surface area contributed by atoms with Crippen molar-refractivity contribution in [3.05, 3.63) is 0 Å². The Hall–Kier alpha value is -1.01. The molecule has 0 spiro atoms. The predicted molar refractivity (Wildman–Crippen MR) is 87.2 cm³/mol. The average molecular weight is 331 g/mol. The van der Waals surface area contributed by atoms with Gasteiger partial charge in [0.05, 0.1) is 0 Å². The number of likely N-dealkylation sites (tertiary alicyclic amines) is 2. The molecule has 3 heterocycles. The molecule has 3 fully saturated rings. The fraction of sp³-hybridized carbons (Fsp3) is 0.867. The van der Waals surface area contributed by atoms with Crippen LogP contribution in [-0.2, 0) is 4.79 Å². The van der Waals surface area contributed by atoms with Gasteiger partial charge in [0, 0.05) is 58.3 Å². The van der Waals surface area contributed by atoms with E-state index in [1.165, 1.54) is 0 Å². The smallest absolute Gasteiger partial charge is 0.319 e. The van der Waals surface area contributed by atoms with Crippen LogP contribution in [0.1, 0.15) is 25.7 Å². The number of hydrogen-bond acceptors (Lipinski definition) is 3. The molecule has 3 rings (SSSR count). The SMILES string of the molecule is Cl.O=C(C1CCN(C(=O)N2CCCC2)CC1)N1CCNCC1. The number of halogens is 1. The summed E-state index contributed by atoms with van der Waals surface area (Å²) >= 11 is 0. The van der Waals surface area contributed by atoms with Gasteiger partial charge in [-0.25, -0.2) is 4.79 Å². The van der Waals surface area contributed by atoms with Crippen LogP contribution in [-0.4, -0.2) is 79.0 Å². The Bertz CT molecular complexity index is 387. The van der Waals surface area contributed by atoms with E-state index in [2.05, 4.69) is 5.32 Å². The molecule has 3 amide bonds. The Morgan fingerprint density at radius 1 is 0.773 bits per heavy atom. The molecule has 22 heavy (non-hydrogen) atoms. The Morgan fingerprint density at radius 2 is 1.32 bits per heavy atom. The summed E-state index contributed by atoms with van der Waals surface area (Å²) in [6, 6.07) is 0.181. The van der Waals surface area contributed by atoms with Crippen molar-refractivity contribution in [1.29, 1.82) is 0 Å². The minimum Gasteiger partial charge on any atom is -0.340 e. The molecule has 3 aliphatic rings. The topological polar surface area (TPSA) is 55.9 Å². The molecule has 3 aliphatic heterocycles. The van der Waals surface area contributed by atoms with Gasteiger partial charge in [-0.2, -0.15) is 0 Å². The second kappa shape index (κ2) is 8.02. The highest BCUT2D eigenvalue weighted by Crippen LogP contribution is 2.22. The molecule has 0 unspecified atom stereocenters. The number of nitrogens with zero attached hydrogens (tertiary/aromatic N) is 3. The molecule has 7 heteroatoms. The number of nitrogens with one attached hydrogen (secondary N) is 1. The van der Waals surface area contributed by atoms with Gasteiger partial charge in [0.2, 0.25) is 5.91 Å². The first kappa shape index (κ1) is 17.3. The highest BCUT2D eigenvalue weighted by Gasteiger charge is 2.32. The van der Waals surface area contributed by atoms with Crippen molar-refractivity contribution >= 4 is 24.3 Å². The van der Waals surface area contributed by atoms with E-state index in [4.69, 9.17) is 0 Å². The lowest BCUT2D eigenvalue weighted by Crippen LogP contribution is -2.51. The van der Waals surface area contributed by atoms with Crippen molar-refractivity contribution in [2.24, 2.45) is 5.92 Å². The highest BCUT2D eigenvalue weighted by atomic mass is 35.5. The molecule has 0 atom stereocenters. The van der Waals surface area contributed by atoms with E-state index in [1.807, 2.05) is 14.7 Å². The summed E-state index contributed by atoms with van der Waals surface area (Å²) in [6.45, 7) is 6.72. The lowest BCUT2D eigenvalue weighted by Gasteiger charge is -2.37. The molecule has 0 saturated carbocycles. The van der Waals surface area contributed by atoms with E-state index in [1.54, 1.807) is 0 Å². The van der Waals surface area contributed by atoms with Gasteiger partial charge in [0.15, 0.2) is 0 Å². The van der Waals surface area contributed by atoms with Crippen LogP contribution in [0.5, 0.6) is 0 Å². The molecule has 0 aromatic heterocycles. The molecule has 0 aromatic rings. The lowest BCUT2D eigenvalue weighted by molar-refractivity contribution is -0.137. The van der Waals surface area contributed by atoms with E-state index >= 15 is 0 Å². The number of carbonyl (C=O) groups is 2. The van der Waals surface area contributed by atoms with E-state index < -0.39 is 0 Å². The average Bonchev–Trinajstić information content (AvgIpc) is 3.09. The summed E-state index contributed by atoms with van der Waals surface area (Å²) in [7, 11) is 0.